The molecule has 148 valence electrons. The summed E-state index contributed by atoms with van der Waals surface area (Å²) in [5.41, 5.74) is 2.65. The van der Waals surface area contributed by atoms with E-state index < -0.39 is 0 Å². The minimum atomic E-state index is -0.328. The largest absolute Gasteiger partial charge is 0.323 e. The maximum absolute atomic E-state index is 12.5. The summed E-state index contributed by atoms with van der Waals surface area (Å²) in [6.07, 6.45) is 5.68. The second kappa shape index (κ2) is 8.84. The molecule has 3 rings (SSSR count). The van der Waals surface area contributed by atoms with E-state index in [-0.39, 0.29) is 17.7 Å². The molecule has 1 aliphatic rings. The second-order valence-electron chi connectivity index (χ2n) is 7.47. The van der Waals surface area contributed by atoms with E-state index in [0.717, 1.165) is 11.3 Å². The van der Waals surface area contributed by atoms with Gasteiger partial charge in [0, 0.05) is 36.0 Å². The first-order valence-electron chi connectivity index (χ1n) is 9.50. The second-order valence-corrected chi connectivity index (χ2v) is 7.47. The lowest BCUT2D eigenvalue weighted by Gasteiger charge is -2.12. The quantitative estimate of drug-likeness (QED) is 0.613. The van der Waals surface area contributed by atoms with Crippen molar-refractivity contribution < 1.29 is 9.59 Å². The van der Waals surface area contributed by atoms with Gasteiger partial charge in [0.25, 0.3) is 0 Å². The van der Waals surface area contributed by atoms with Crippen LogP contribution in [0.25, 0.3) is 0 Å². The van der Waals surface area contributed by atoms with Crippen molar-refractivity contribution in [1.82, 2.24) is 15.1 Å². The van der Waals surface area contributed by atoms with Crippen molar-refractivity contribution in [1.29, 1.82) is 0 Å². The molecule has 3 N–H and O–H groups in total. The molecule has 1 aromatic heterocycles. The molecule has 1 saturated carbocycles. The van der Waals surface area contributed by atoms with Gasteiger partial charge in [-0.3, -0.25) is 14.7 Å². The number of aromatic nitrogens is 2. The highest BCUT2D eigenvalue weighted by molar-refractivity contribution is 5.99. The molecule has 0 spiro atoms. The van der Waals surface area contributed by atoms with Crippen molar-refractivity contribution in [3.05, 3.63) is 53.7 Å². The summed E-state index contributed by atoms with van der Waals surface area (Å²) in [5.74, 6) is 0.511. The molecule has 0 aliphatic heterocycles. The van der Waals surface area contributed by atoms with E-state index in [1.165, 1.54) is 18.9 Å². The van der Waals surface area contributed by atoms with E-state index in [1.54, 1.807) is 18.2 Å². The van der Waals surface area contributed by atoms with Crippen molar-refractivity contribution in [2.45, 2.75) is 31.6 Å². The van der Waals surface area contributed by atoms with Crippen molar-refractivity contribution >= 4 is 23.3 Å². The molecule has 28 heavy (non-hydrogen) atoms. The Hall–Kier alpha value is -2.93. The fourth-order valence-electron chi connectivity index (χ4n) is 2.80. The summed E-state index contributed by atoms with van der Waals surface area (Å²) in [6, 6.07) is 9.21. The van der Waals surface area contributed by atoms with Gasteiger partial charge in [-0.2, -0.15) is 5.10 Å². The van der Waals surface area contributed by atoms with E-state index in [2.05, 4.69) is 20.8 Å². The summed E-state index contributed by atoms with van der Waals surface area (Å²) in [6.45, 7) is 2.55. The van der Waals surface area contributed by atoms with Crippen LogP contribution in [0, 0.1) is 0 Å². The predicted octanol–water partition coefficient (Wildman–Crippen LogP) is 3.09. The molecule has 2 amide bonds. The van der Waals surface area contributed by atoms with Crippen LogP contribution in [0.5, 0.6) is 0 Å². The number of likely N-dealkylation sites (N-methyl/N-ethyl adjacent to an activating group) is 1. The number of anilines is 2. The van der Waals surface area contributed by atoms with Crippen LogP contribution in [0.15, 0.2) is 42.5 Å². The molecule has 7 heteroatoms. The predicted molar refractivity (Wildman–Crippen MR) is 110 cm³/mol. The van der Waals surface area contributed by atoms with Gasteiger partial charge < -0.3 is 15.5 Å². The minimum Gasteiger partial charge on any atom is -0.323 e. The van der Waals surface area contributed by atoms with Crippen LogP contribution in [0.2, 0.25) is 0 Å². The molecule has 0 radical (unpaired) electrons. The number of benzene rings is 1. The van der Waals surface area contributed by atoms with Crippen LogP contribution in [-0.2, 0) is 9.59 Å². The van der Waals surface area contributed by atoms with Crippen LogP contribution < -0.4 is 10.6 Å². The normalized spacial score (nSPS) is 15.0. The zero-order chi connectivity index (χ0) is 20.1. The van der Waals surface area contributed by atoms with Crippen molar-refractivity contribution in [2.24, 2.45) is 0 Å². The fourth-order valence-corrected chi connectivity index (χ4v) is 2.80. The summed E-state index contributed by atoms with van der Waals surface area (Å²) in [7, 11) is 3.88. The monoisotopic (exact) mass is 381 g/mol. The van der Waals surface area contributed by atoms with Crippen LogP contribution in [0.4, 0.5) is 11.5 Å². The molecule has 7 nitrogen and oxygen atoms in total. The Morgan fingerprint density at radius 2 is 1.96 bits per heavy atom. The van der Waals surface area contributed by atoms with Crippen LogP contribution in [0.1, 0.15) is 42.9 Å². The van der Waals surface area contributed by atoms with Crippen LogP contribution in [-0.4, -0.2) is 47.6 Å². The Balaban J connectivity index is 1.53. The number of carbonyl (C=O) groups excluding carboxylic acids is 2. The van der Waals surface area contributed by atoms with E-state index in [1.807, 2.05) is 44.1 Å². The van der Waals surface area contributed by atoms with E-state index >= 15 is 0 Å². The van der Waals surface area contributed by atoms with Gasteiger partial charge in [-0.05, 0) is 51.6 Å². The molecule has 1 unspecified atom stereocenters. The number of carbonyl (C=O) groups is 2. The molecule has 1 fully saturated rings. The lowest BCUT2D eigenvalue weighted by Crippen LogP contribution is -2.19. The number of hydrogen-bond donors (Lipinski definition) is 3. The SMILES string of the molecule is CC(C(=O)Nc1cc(C2CC2)[nH]n1)c1ccc(NC(=O)C=CCN(C)C)cc1. The molecular formula is C21H27N5O2. The van der Waals surface area contributed by atoms with Gasteiger partial charge in [-0.1, -0.05) is 18.2 Å². The lowest BCUT2D eigenvalue weighted by molar-refractivity contribution is -0.117. The fraction of sp³-hybridized carbons (Fsp3) is 0.381. The van der Waals surface area contributed by atoms with Gasteiger partial charge >= 0.3 is 0 Å². The van der Waals surface area contributed by atoms with Gasteiger partial charge in [0.05, 0.1) is 5.92 Å². The standard InChI is InChI=1S/C21H27N5O2/c1-14(21(28)23-19-13-18(24-25-19)16-6-7-16)15-8-10-17(11-9-15)22-20(27)5-4-12-26(2)3/h4-5,8-11,13-14,16H,6-7,12H2,1-3H3,(H,22,27)(H2,23,24,25,28). The van der Waals surface area contributed by atoms with E-state index in [9.17, 15) is 9.59 Å². The summed E-state index contributed by atoms with van der Waals surface area (Å²) in [5, 5.41) is 12.8. The summed E-state index contributed by atoms with van der Waals surface area (Å²) < 4.78 is 0. The number of H-pyrrole nitrogens is 1. The Labute approximate surface area is 165 Å². The summed E-state index contributed by atoms with van der Waals surface area (Å²) >= 11 is 0. The van der Waals surface area contributed by atoms with Crippen molar-refractivity contribution in [3.8, 4) is 0 Å². The maximum atomic E-state index is 12.5. The Morgan fingerprint density at radius 1 is 1.25 bits per heavy atom. The zero-order valence-corrected chi connectivity index (χ0v) is 16.5. The number of nitrogens with one attached hydrogen (secondary N) is 3. The van der Waals surface area contributed by atoms with Crippen LogP contribution >= 0.6 is 0 Å². The van der Waals surface area contributed by atoms with Crippen molar-refractivity contribution in [2.75, 3.05) is 31.3 Å². The van der Waals surface area contributed by atoms with Gasteiger partial charge in [0.2, 0.25) is 11.8 Å². The first-order chi connectivity index (χ1) is 13.4. The number of rotatable bonds is 8. The van der Waals surface area contributed by atoms with Gasteiger partial charge in [-0.15, -0.1) is 0 Å². The smallest absolute Gasteiger partial charge is 0.248 e. The van der Waals surface area contributed by atoms with Crippen LogP contribution in [0.3, 0.4) is 0 Å². The highest BCUT2D eigenvalue weighted by Gasteiger charge is 2.26. The molecule has 0 saturated heterocycles. The maximum Gasteiger partial charge on any atom is 0.248 e. The molecule has 2 aromatic rings. The molecule has 1 aromatic carbocycles. The first kappa shape index (κ1) is 19.8. The molecule has 1 heterocycles. The number of amides is 2. The highest BCUT2D eigenvalue weighted by atomic mass is 16.2. The Morgan fingerprint density at radius 3 is 2.61 bits per heavy atom. The first-order valence-corrected chi connectivity index (χ1v) is 9.50. The van der Waals surface area contributed by atoms with Crippen molar-refractivity contribution in [3.63, 3.8) is 0 Å². The third-order valence-corrected chi connectivity index (χ3v) is 4.68. The van der Waals surface area contributed by atoms with Gasteiger partial charge in [-0.25, -0.2) is 0 Å². The molecule has 1 atom stereocenters. The topological polar surface area (TPSA) is 90.1 Å². The Bertz CT molecular complexity index is 850. The third-order valence-electron chi connectivity index (χ3n) is 4.68. The van der Waals surface area contributed by atoms with E-state index in [0.29, 0.717) is 24.0 Å². The lowest BCUT2D eigenvalue weighted by atomic mass is 10.00. The molecule has 1 aliphatic carbocycles. The summed E-state index contributed by atoms with van der Waals surface area (Å²) in [4.78, 5) is 26.4. The molecule has 0 bridgehead atoms. The average Bonchev–Trinajstić information content (AvgIpc) is 3.41. The third kappa shape index (κ3) is 5.53. The van der Waals surface area contributed by atoms with E-state index in [4.69, 9.17) is 0 Å². The number of aromatic amines is 1. The Kier molecular flexibility index (Phi) is 6.26. The zero-order valence-electron chi connectivity index (χ0n) is 16.5. The number of hydrogen-bond acceptors (Lipinski definition) is 4. The average molecular weight is 381 g/mol. The minimum absolute atomic E-state index is 0.114. The van der Waals surface area contributed by atoms with Gasteiger partial charge in [0.1, 0.15) is 0 Å². The highest BCUT2D eigenvalue weighted by Crippen LogP contribution is 2.39. The van der Waals surface area contributed by atoms with Gasteiger partial charge in [0.15, 0.2) is 5.82 Å². The number of nitrogens with zero attached hydrogens (tertiary/aromatic N) is 2. The molecular weight excluding hydrogens is 354 g/mol.